The second-order valence-electron chi connectivity index (χ2n) is 7.05. The van der Waals surface area contributed by atoms with Crippen LogP contribution in [0, 0.1) is 5.92 Å². The number of likely N-dealkylation sites (tertiary alicyclic amines) is 2. The average molecular weight is 224 g/mol. The summed E-state index contributed by atoms with van der Waals surface area (Å²) in [7, 11) is 0. The second-order valence-corrected chi connectivity index (χ2v) is 7.05. The van der Waals surface area contributed by atoms with E-state index in [0.29, 0.717) is 5.54 Å². The molecule has 0 saturated carbocycles. The molecule has 0 unspecified atom stereocenters. The summed E-state index contributed by atoms with van der Waals surface area (Å²) in [6.07, 6.45) is 1.40. The molecule has 0 aromatic rings. The Balaban J connectivity index is 2.01. The minimum absolute atomic E-state index is 0.354. The minimum atomic E-state index is 0.354. The Morgan fingerprint density at radius 2 is 1.62 bits per heavy atom. The quantitative estimate of drug-likeness (QED) is 0.711. The summed E-state index contributed by atoms with van der Waals surface area (Å²) in [6.45, 7) is 16.7. The fourth-order valence-corrected chi connectivity index (χ4v) is 3.40. The largest absolute Gasteiger partial charge is 0.295 e. The molecule has 2 nitrogen and oxygen atoms in total. The van der Waals surface area contributed by atoms with Crippen LogP contribution in [-0.4, -0.2) is 46.6 Å². The topological polar surface area (TPSA) is 6.48 Å². The third-order valence-electron chi connectivity index (χ3n) is 4.63. The van der Waals surface area contributed by atoms with Crippen LogP contribution in [0.2, 0.25) is 0 Å². The van der Waals surface area contributed by atoms with Crippen molar-refractivity contribution < 1.29 is 0 Å². The van der Waals surface area contributed by atoms with E-state index in [1.54, 1.807) is 0 Å². The van der Waals surface area contributed by atoms with Gasteiger partial charge in [0.1, 0.15) is 0 Å². The van der Waals surface area contributed by atoms with Gasteiger partial charge in [0.25, 0.3) is 0 Å². The van der Waals surface area contributed by atoms with Crippen molar-refractivity contribution in [3.63, 3.8) is 0 Å². The van der Waals surface area contributed by atoms with Gasteiger partial charge in [0.05, 0.1) is 0 Å². The lowest BCUT2D eigenvalue weighted by Gasteiger charge is -2.44. The molecule has 3 atom stereocenters. The van der Waals surface area contributed by atoms with E-state index in [1.807, 2.05) is 0 Å². The van der Waals surface area contributed by atoms with Gasteiger partial charge in [-0.05, 0) is 40.0 Å². The molecule has 2 saturated heterocycles. The van der Waals surface area contributed by atoms with E-state index < -0.39 is 0 Å². The van der Waals surface area contributed by atoms with Crippen molar-refractivity contribution in [2.45, 2.75) is 71.6 Å². The maximum atomic E-state index is 2.75. The number of hydrogen-bond donors (Lipinski definition) is 0. The number of nitrogens with zero attached hydrogens (tertiary/aromatic N) is 2. The molecular weight excluding hydrogens is 196 g/mol. The highest BCUT2D eigenvalue weighted by molar-refractivity contribution is 5.04. The van der Waals surface area contributed by atoms with Crippen LogP contribution in [0.15, 0.2) is 0 Å². The van der Waals surface area contributed by atoms with E-state index in [1.165, 1.54) is 19.5 Å². The first kappa shape index (κ1) is 12.4. The Morgan fingerprint density at radius 1 is 1.00 bits per heavy atom. The molecule has 0 radical (unpaired) electrons. The minimum Gasteiger partial charge on any atom is -0.295 e. The number of piperazine rings is 1. The highest BCUT2D eigenvalue weighted by Gasteiger charge is 2.47. The molecule has 2 bridgehead atoms. The summed E-state index contributed by atoms with van der Waals surface area (Å²) in [6, 6.07) is 2.38. The maximum Gasteiger partial charge on any atom is 0.0244 e. The van der Waals surface area contributed by atoms with Crippen LogP contribution in [-0.2, 0) is 0 Å². The van der Waals surface area contributed by atoms with E-state index in [4.69, 9.17) is 0 Å². The van der Waals surface area contributed by atoms with E-state index in [2.05, 4.69) is 51.3 Å². The van der Waals surface area contributed by atoms with Crippen LogP contribution in [0.5, 0.6) is 0 Å². The van der Waals surface area contributed by atoms with Gasteiger partial charge in [-0.15, -0.1) is 0 Å². The SMILES string of the molecule is CC(C)[C@@H](C)N1C[C@@H]2C[C@H]1CN2C(C)(C)C. The van der Waals surface area contributed by atoms with Gasteiger partial charge in [-0.25, -0.2) is 0 Å². The first-order valence-corrected chi connectivity index (χ1v) is 6.83. The predicted molar refractivity (Wildman–Crippen MR) is 69.7 cm³/mol. The van der Waals surface area contributed by atoms with Crippen molar-refractivity contribution in [3.8, 4) is 0 Å². The van der Waals surface area contributed by atoms with Gasteiger partial charge in [0.15, 0.2) is 0 Å². The van der Waals surface area contributed by atoms with E-state index in [9.17, 15) is 0 Å². The van der Waals surface area contributed by atoms with Crippen molar-refractivity contribution >= 4 is 0 Å². The molecule has 0 aromatic carbocycles. The van der Waals surface area contributed by atoms with Crippen molar-refractivity contribution in [1.82, 2.24) is 9.80 Å². The molecule has 94 valence electrons. The molecule has 2 aliphatic heterocycles. The summed E-state index contributed by atoms with van der Waals surface area (Å²) < 4.78 is 0. The molecule has 2 fully saturated rings. The first-order valence-electron chi connectivity index (χ1n) is 6.83. The Kier molecular flexibility index (Phi) is 3.09. The van der Waals surface area contributed by atoms with Crippen LogP contribution in [0.3, 0.4) is 0 Å². The van der Waals surface area contributed by atoms with Crippen LogP contribution in [0.25, 0.3) is 0 Å². The van der Waals surface area contributed by atoms with Crippen molar-refractivity contribution in [3.05, 3.63) is 0 Å². The van der Waals surface area contributed by atoms with Crippen LogP contribution >= 0.6 is 0 Å². The first-order chi connectivity index (χ1) is 7.30. The van der Waals surface area contributed by atoms with Crippen molar-refractivity contribution in [2.24, 2.45) is 5.92 Å². The monoisotopic (exact) mass is 224 g/mol. The van der Waals surface area contributed by atoms with Gasteiger partial charge in [0, 0.05) is 36.8 Å². The third-order valence-corrected chi connectivity index (χ3v) is 4.63. The van der Waals surface area contributed by atoms with Crippen LogP contribution in [0.4, 0.5) is 0 Å². The fraction of sp³-hybridized carbons (Fsp3) is 1.00. The summed E-state index contributed by atoms with van der Waals surface area (Å²) in [4.78, 5) is 5.46. The fourth-order valence-electron chi connectivity index (χ4n) is 3.40. The van der Waals surface area contributed by atoms with E-state index in [0.717, 1.165) is 24.0 Å². The lowest BCUT2D eigenvalue weighted by atomic mass is 10.0. The highest BCUT2D eigenvalue weighted by Crippen LogP contribution is 2.37. The lowest BCUT2D eigenvalue weighted by molar-refractivity contribution is 0.0325. The standard InChI is InChI=1S/C14H28N2/c1-10(2)11(3)15-8-13-7-12(15)9-16(13)14(4,5)6/h10-13H,7-9H2,1-6H3/t11-,12+,13+/m1/s1. The van der Waals surface area contributed by atoms with Crippen molar-refractivity contribution in [1.29, 1.82) is 0 Å². The van der Waals surface area contributed by atoms with E-state index >= 15 is 0 Å². The molecule has 0 amide bonds. The molecule has 0 N–H and O–H groups in total. The molecule has 0 aromatic heterocycles. The van der Waals surface area contributed by atoms with E-state index in [-0.39, 0.29) is 0 Å². The van der Waals surface area contributed by atoms with Gasteiger partial charge in [-0.2, -0.15) is 0 Å². The van der Waals surface area contributed by atoms with Gasteiger partial charge >= 0.3 is 0 Å². The summed E-state index contributed by atoms with van der Waals surface area (Å²) in [5, 5.41) is 0. The molecule has 16 heavy (non-hydrogen) atoms. The van der Waals surface area contributed by atoms with Gasteiger partial charge in [-0.1, -0.05) is 13.8 Å². The Morgan fingerprint density at radius 3 is 2.00 bits per heavy atom. The normalized spacial score (nSPS) is 33.9. The Hall–Kier alpha value is -0.0800. The van der Waals surface area contributed by atoms with Gasteiger partial charge in [0.2, 0.25) is 0 Å². The van der Waals surface area contributed by atoms with Gasteiger partial charge < -0.3 is 0 Å². The average Bonchev–Trinajstić information content (AvgIpc) is 2.73. The Labute approximate surface area is 101 Å². The zero-order valence-corrected chi connectivity index (χ0v) is 11.8. The lowest BCUT2D eigenvalue weighted by Crippen LogP contribution is -2.55. The van der Waals surface area contributed by atoms with Gasteiger partial charge in [-0.3, -0.25) is 9.80 Å². The summed E-state index contributed by atoms with van der Waals surface area (Å²) in [5.74, 6) is 0.780. The second kappa shape index (κ2) is 3.99. The predicted octanol–water partition coefficient (Wildman–Crippen LogP) is 2.59. The molecule has 2 rings (SSSR count). The zero-order chi connectivity index (χ0) is 12.1. The summed E-state index contributed by atoms with van der Waals surface area (Å²) >= 11 is 0. The molecule has 2 aliphatic rings. The number of hydrogen-bond acceptors (Lipinski definition) is 2. The number of fused-ring (bicyclic) bond motifs is 2. The highest BCUT2D eigenvalue weighted by atomic mass is 15.4. The third kappa shape index (κ3) is 2.02. The summed E-state index contributed by atoms with van der Waals surface area (Å²) in [5.41, 5.74) is 0.354. The smallest absolute Gasteiger partial charge is 0.0244 e. The zero-order valence-electron chi connectivity index (χ0n) is 11.8. The molecule has 0 spiro atoms. The Bertz CT molecular complexity index is 254. The van der Waals surface area contributed by atoms with Crippen LogP contribution in [0.1, 0.15) is 48.0 Å². The number of rotatable bonds is 2. The van der Waals surface area contributed by atoms with Crippen molar-refractivity contribution in [2.75, 3.05) is 13.1 Å². The molecular formula is C14H28N2. The maximum absolute atomic E-state index is 2.75. The molecule has 0 aliphatic carbocycles. The van der Waals surface area contributed by atoms with Crippen LogP contribution < -0.4 is 0 Å². The molecule has 2 heteroatoms. The molecule has 2 heterocycles.